The average molecular weight is 467 g/mol. The van der Waals surface area contributed by atoms with E-state index in [0.29, 0.717) is 41.5 Å². The van der Waals surface area contributed by atoms with Gasteiger partial charge in [0.15, 0.2) is 10.9 Å². The number of hydrogen-bond acceptors (Lipinski definition) is 9. The second-order valence-electron chi connectivity index (χ2n) is 8.00. The molecule has 13 heteroatoms. The van der Waals surface area contributed by atoms with E-state index >= 15 is 0 Å². The zero-order valence-corrected chi connectivity index (χ0v) is 18.8. The highest BCUT2D eigenvalue weighted by Gasteiger charge is 2.45. The predicted octanol–water partition coefficient (Wildman–Crippen LogP) is 2.06. The van der Waals surface area contributed by atoms with Crippen molar-refractivity contribution < 1.29 is 9.59 Å². The van der Waals surface area contributed by atoms with Gasteiger partial charge in [-0.1, -0.05) is 0 Å². The standard InChI is InChI=1S/C20H22N10O2S/c1-11-10-22-19(33-11)25-16(32)20(2)6-4-8-30(20)18-24-14-5-3-7-29(14)17(26-18)23-13-9-12(15(21)31)27-28-13/h3,5,7,9-10H,4,6,8H2,1-2H3,(H2,21,31)(H,22,25,32)(H2,23,24,26,27,28). The molecule has 0 radical (unpaired) electrons. The molecule has 0 aromatic carbocycles. The molecule has 1 unspecified atom stereocenters. The smallest absolute Gasteiger partial charge is 0.266 e. The van der Waals surface area contributed by atoms with Crippen molar-refractivity contribution in [2.75, 3.05) is 22.1 Å². The molecule has 0 saturated carbocycles. The Kier molecular flexibility index (Phi) is 4.96. The summed E-state index contributed by atoms with van der Waals surface area (Å²) in [5.41, 5.74) is 5.29. The predicted molar refractivity (Wildman–Crippen MR) is 124 cm³/mol. The summed E-state index contributed by atoms with van der Waals surface area (Å²) in [6, 6.07) is 5.20. The molecule has 4 aromatic heterocycles. The number of fused-ring (bicyclic) bond motifs is 1. The van der Waals surface area contributed by atoms with Gasteiger partial charge in [0.1, 0.15) is 16.9 Å². The molecule has 1 saturated heterocycles. The number of aromatic amines is 1. The lowest BCUT2D eigenvalue weighted by Crippen LogP contribution is -2.51. The third-order valence-corrected chi connectivity index (χ3v) is 6.50. The topological polar surface area (TPSA) is 159 Å². The van der Waals surface area contributed by atoms with E-state index in [1.807, 2.05) is 37.1 Å². The Hall–Kier alpha value is -4.00. The van der Waals surface area contributed by atoms with E-state index in [1.54, 1.807) is 10.6 Å². The van der Waals surface area contributed by atoms with Crippen LogP contribution in [-0.2, 0) is 4.79 Å². The molecule has 5 heterocycles. The van der Waals surface area contributed by atoms with E-state index in [-0.39, 0.29) is 11.6 Å². The lowest BCUT2D eigenvalue weighted by molar-refractivity contribution is -0.120. The summed E-state index contributed by atoms with van der Waals surface area (Å²) in [6.07, 6.45) is 5.02. The molecule has 0 aliphatic carbocycles. The summed E-state index contributed by atoms with van der Waals surface area (Å²) >= 11 is 1.43. The van der Waals surface area contributed by atoms with Gasteiger partial charge in [0.05, 0.1) is 0 Å². The number of aryl methyl sites for hydroxylation is 1. The van der Waals surface area contributed by atoms with Crippen molar-refractivity contribution in [3.05, 3.63) is 41.2 Å². The monoisotopic (exact) mass is 466 g/mol. The lowest BCUT2D eigenvalue weighted by atomic mass is 9.98. The quantitative estimate of drug-likeness (QED) is 0.336. The number of nitrogens with one attached hydrogen (secondary N) is 3. The van der Waals surface area contributed by atoms with Crippen molar-refractivity contribution in [1.82, 2.24) is 29.5 Å². The molecule has 1 atom stereocenters. The fraction of sp³-hybridized carbons (Fsp3) is 0.300. The summed E-state index contributed by atoms with van der Waals surface area (Å²) in [6.45, 7) is 4.46. The van der Waals surface area contributed by atoms with Crippen molar-refractivity contribution in [3.8, 4) is 0 Å². The first-order valence-electron chi connectivity index (χ1n) is 10.3. The summed E-state index contributed by atoms with van der Waals surface area (Å²) < 4.78 is 1.76. The fourth-order valence-electron chi connectivity index (χ4n) is 3.92. The molecule has 170 valence electrons. The van der Waals surface area contributed by atoms with Crippen LogP contribution < -0.4 is 21.3 Å². The summed E-state index contributed by atoms with van der Waals surface area (Å²) in [4.78, 5) is 41.2. The van der Waals surface area contributed by atoms with Gasteiger partial charge < -0.3 is 16.0 Å². The van der Waals surface area contributed by atoms with E-state index in [2.05, 4.69) is 30.8 Å². The molecular weight excluding hydrogens is 444 g/mol. The Bertz CT molecular complexity index is 1360. The molecule has 5 rings (SSSR count). The highest BCUT2D eigenvalue weighted by molar-refractivity contribution is 7.15. The van der Waals surface area contributed by atoms with Crippen molar-refractivity contribution in [2.24, 2.45) is 5.73 Å². The highest BCUT2D eigenvalue weighted by Crippen LogP contribution is 2.34. The Morgan fingerprint density at radius 3 is 2.91 bits per heavy atom. The number of carbonyl (C=O) groups is 2. The van der Waals surface area contributed by atoms with E-state index in [9.17, 15) is 9.59 Å². The van der Waals surface area contributed by atoms with Crippen LogP contribution in [-0.4, -0.2) is 53.4 Å². The SMILES string of the molecule is Cc1cnc(NC(=O)C2(C)CCCN2c2nc(Nc3cc(C(N)=O)[nH]n3)n3cccc3n2)s1. The maximum atomic E-state index is 13.3. The van der Waals surface area contributed by atoms with Crippen LogP contribution in [0.1, 0.15) is 35.1 Å². The van der Waals surface area contributed by atoms with Gasteiger partial charge in [-0.05, 0) is 38.8 Å². The number of hydrogen-bond donors (Lipinski definition) is 4. The van der Waals surface area contributed by atoms with Crippen LogP contribution in [0.5, 0.6) is 0 Å². The molecule has 0 spiro atoms. The maximum Gasteiger partial charge on any atom is 0.266 e. The first-order valence-corrected chi connectivity index (χ1v) is 11.1. The Morgan fingerprint density at radius 2 is 2.18 bits per heavy atom. The Balaban J connectivity index is 1.48. The van der Waals surface area contributed by atoms with E-state index in [4.69, 9.17) is 10.7 Å². The van der Waals surface area contributed by atoms with Gasteiger partial charge >= 0.3 is 0 Å². The van der Waals surface area contributed by atoms with Crippen LogP contribution in [0.25, 0.3) is 5.65 Å². The van der Waals surface area contributed by atoms with Crippen molar-refractivity contribution in [1.29, 1.82) is 0 Å². The normalized spacial score (nSPS) is 18.1. The number of aromatic nitrogens is 6. The van der Waals surface area contributed by atoms with Crippen molar-refractivity contribution in [3.63, 3.8) is 0 Å². The minimum Gasteiger partial charge on any atom is -0.364 e. The van der Waals surface area contributed by atoms with Gasteiger partial charge in [-0.25, -0.2) is 4.98 Å². The van der Waals surface area contributed by atoms with Crippen molar-refractivity contribution in [2.45, 2.75) is 32.2 Å². The van der Waals surface area contributed by atoms with E-state index in [1.165, 1.54) is 17.4 Å². The fourth-order valence-corrected chi connectivity index (χ4v) is 4.58. The molecule has 2 amide bonds. The second kappa shape index (κ2) is 7.85. The summed E-state index contributed by atoms with van der Waals surface area (Å²) in [5, 5.41) is 13.2. The van der Waals surface area contributed by atoms with Crippen molar-refractivity contribution >= 4 is 51.6 Å². The van der Waals surface area contributed by atoms with Gasteiger partial charge in [0, 0.05) is 29.9 Å². The third-order valence-electron chi connectivity index (χ3n) is 5.67. The Morgan fingerprint density at radius 1 is 1.33 bits per heavy atom. The number of rotatable bonds is 6. The zero-order chi connectivity index (χ0) is 23.2. The number of anilines is 4. The van der Waals surface area contributed by atoms with E-state index < -0.39 is 11.4 Å². The maximum absolute atomic E-state index is 13.3. The number of nitrogens with zero attached hydrogens (tertiary/aromatic N) is 6. The minimum atomic E-state index is -0.840. The Labute approximate surface area is 192 Å². The second-order valence-corrected chi connectivity index (χ2v) is 9.23. The molecule has 1 aliphatic heterocycles. The van der Waals surface area contributed by atoms with Gasteiger partial charge in [-0.2, -0.15) is 15.1 Å². The van der Waals surface area contributed by atoms with Gasteiger partial charge in [0.2, 0.25) is 11.9 Å². The number of thiazole rings is 1. The molecule has 1 fully saturated rings. The van der Waals surface area contributed by atoms with Crippen LogP contribution in [0, 0.1) is 6.92 Å². The number of nitrogens with two attached hydrogens (primary N) is 1. The van der Waals surface area contributed by atoms with Crippen LogP contribution in [0.3, 0.4) is 0 Å². The molecule has 33 heavy (non-hydrogen) atoms. The van der Waals surface area contributed by atoms with Gasteiger partial charge in [-0.15, -0.1) is 11.3 Å². The van der Waals surface area contributed by atoms with Gasteiger partial charge in [-0.3, -0.25) is 24.4 Å². The lowest BCUT2D eigenvalue weighted by Gasteiger charge is -2.33. The minimum absolute atomic E-state index is 0.152. The summed E-state index contributed by atoms with van der Waals surface area (Å²) in [5.74, 6) is 0.470. The number of amides is 2. The average Bonchev–Trinajstić information content (AvgIpc) is 3.55. The number of primary amides is 1. The highest BCUT2D eigenvalue weighted by atomic mass is 32.1. The largest absolute Gasteiger partial charge is 0.364 e. The first-order chi connectivity index (χ1) is 15.8. The molecule has 1 aliphatic rings. The molecule has 5 N–H and O–H groups in total. The van der Waals surface area contributed by atoms with Crippen LogP contribution in [0.2, 0.25) is 0 Å². The third kappa shape index (κ3) is 3.75. The van der Waals surface area contributed by atoms with E-state index in [0.717, 1.165) is 11.3 Å². The van der Waals surface area contributed by atoms with Crippen LogP contribution in [0.4, 0.5) is 22.8 Å². The van der Waals surface area contributed by atoms with Crippen LogP contribution >= 0.6 is 11.3 Å². The number of H-pyrrole nitrogens is 1. The molecule has 12 nitrogen and oxygen atoms in total. The number of carbonyl (C=O) groups excluding carboxylic acids is 2. The molecule has 4 aromatic rings. The molecular formula is C20H22N10O2S. The van der Waals surface area contributed by atoms with Crippen LogP contribution in [0.15, 0.2) is 30.6 Å². The molecule has 0 bridgehead atoms. The summed E-state index contributed by atoms with van der Waals surface area (Å²) in [7, 11) is 0. The first kappa shape index (κ1) is 20.9. The zero-order valence-electron chi connectivity index (χ0n) is 18.0. The van der Waals surface area contributed by atoms with Gasteiger partial charge in [0.25, 0.3) is 11.8 Å².